The van der Waals surface area contributed by atoms with Crippen LogP contribution in [0, 0.1) is 0 Å². The average molecular weight is 280 g/mol. The first-order valence-electron chi connectivity index (χ1n) is 6.95. The minimum absolute atomic E-state index is 0.228. The Morgan fingerprint density at radius 1 is 1.10 bits per heavy atom. The highest BCUT2D eigenvalue weighted by molar-refractivity contribution is 5.68. The maximum absolute atomic E-state index is 11.5. The Balaban J connectivity index is 1.86. The predicted molar refractivity (Wildman–Crippen MR) is 75.8 cm³/mol. The van der Waals surface area contributed by atoms with Crippen LogP contribution in [0.5, 0.6) is 0 Å². The molecule has 0 aliphatic carbocycles. The van der Waals surface area contributed by atoms with Gasteiger partial charge in [-0.15, -0.1) is 0 Å². The summed E-state index contributed by atoms with van der Waals surface area (Å²) in [6.07, 6.45) is 5.45. The molecule has 0 aliphatic heterocycles. The maximum Gasteiger partial charge on any atom is 0.327 e. The molecule has 7 heteroatoms. The number of hydrogen-bond acceptors (Lipinski definition) is 4. The van der Waals surface area contributed by atoms with Gasteiger partial charge in [0.25, 0.3) is 5.56 Å². The summed E-state index contributed by atoms with van der Waals surface area (Å²) in [4.78, 5) is 34.4. The molecule has 1 unspecified atom stereocenters. The number of aryl methyl sites for hydroxylation is 1. The summed E-state index contributed by atoms with van der Waals surface area (Å²) in [5, 5.41) is 9.14. The summed E-state index contributed by atoms with van der Waals surface area (Å²) in [6, 6.07) is 0. The van der Waals surface area contributed by atoms with Crippen molar-refractivity contribution in [2.45, 2.75) is 51.6 Å². The van der Waals surface area contributed by atoms with Gasteiger partial charge in [0.2, 0.25) is 0 Å². The molecule has 0 bridgehead atoms. The number of H-pyrrole nitrogens is 3. The Hall–Kier alpha value is -1.89. The topological polar surface area (TPSA) is 115 Å². The SMILES string of the molecule is CC(O)CCCCCCc1nc2[nH]c(=O)[nH]c(=O)c2[nH]1. The smallest absolute Gasteiger partial charge is 0.327 e. The Labute approximate surface area is 115 Å². The van der Waals surface area contributed by atoms with Crippen LogP contribution in [-0.2, 0) is 6.42 Å². The zero-order chi connectivity index (χ0) is 14.5. The molecule has 0 saturated carbocycles. The third-order valence-electron chi connectivity index (χ3n) is 3.22. The first-order valence-corrected chi connectivity index (χ1v) is 6.95. The second kappa shape index (κ2) is 6.51. The summed E-state index contributed by atoms with van der Waals surface area (Å²) in [6.45, 7) is 1.80. The molecule has 7 nitrogen and oxygen atoms in total. The van der Waals surface area contributed by atoms with Gasteiger partial charge in [-0.1, -0.05) is 19.3 Å². The lowest BCUT2D eigenvalue weighted by Crippen LogP contribution is -2.21. The lowest BCUT2D eigenvalue weighted by Gasteiger charge is -2.02. The highest BCUT2D eigenvalue weighted by Crippen LogP contribution is 2.09. The number of aliphatic hydroxyl groups excluding tert-OH is 1. The number of unbranched alkanes of at least 4 members (excludes halogenated alkanes) is 3. The van der Waals surface area contributed by atoms with Crippen LogP contribution in [0.2, 0.25) is 0 Å². The zero-order valence-electron chi connectivity index (χ0n) is 11.5. The molecule has 0 fully saturated rings. The second-order valence-corrected chi connectivity index (χ2v) is 5.12. The Morgan fingerprint density at radius 3 is 2.60 bits per heavy atom. The van der Waals surface area contributed by atoms with Crippen LogP contribution in [0.1, 0.15) is 44.9 Å². The number of hydrogen-bond donors (Lipinski definition) is 4. The highest BCUT2D eigenvalue weighted by Gasteiger charge is 2.07. The third kappa shape index (κ3) is 3.80. The van der Waals surface area contributed by atoms with Crippen molar-refractivity contribution in [3.63, 3.8) is 0 Å². The van der Waals surface area contributed by atoms with Gasteiger partial charge in [0.15, 0.2) is 5.65 Å². The first kappa shape index (κ1) is 14.5. The van der Waals surface area contributed by atoms with E-state index in [4.69, 9.17) is 5.11 Å². The van der Waals surface area contributed by atoms with Crippen molar-refractivity contribution in [2.24, 2.45) is 0 Å². The predicted octanol–water partition coefficient (Wildman–Crippen LogP) is 0.813. The molecule has 2 heterocycles. The number of rotatable bonds is 7. The number of aromatic amines is 3. The molecule has 20 heavy (non-hydrogen) atoms. The molecule has 0 radical (unpaired) electrons. The number of nitrogens with zero attached hydrogens (tertiary/aromatic N) is 1. The van der Waals surface area contributed by atoms with Crippen LogP contribution < -0.4 is 11.2 Å². The Morgan fingerprint density at radius 2 is 1.85 bits per heavy atom. The van der Waals surface area contributed by atoms with Crippen molar-refractivity contribution in [3.05, 3.63) is 26.7 Å². The van der Waals surface area contributed by atoms with Crippen LogP contribution in [0.3, 0.4) is 0 Å². The van der Waals surface area contributed by atoms with Gasteiger partial charge in [0.05, 0.1) is 6.10 Å². The van der Waals surface area contributed by atoms with E-state index >= 15 is 0 Å². The number of nitrogens with one attached hydrogen (secondary N) is 3. The van der Waals surface area contributed by atoms with E-state index in [0.29, 0.717) is 17.0 Å². The number of imidazole rings is 1. The van der Waals surface area contributed by atoms with Gasteiger partial charge < -0.3 is 10.1 Å². The van der Waals surface area contributed by atoms with Crippen LogP contribution in [0.4, 0.5) is 0 Å². The minimum Gasteiger partial charge on any atom is -0.393 e. The van der Waals surface area contributed by atoms with Crippen molar-refractivity contribution < 1.29 is 5.11 Å². The van der Waals surface area contributed by atoms with Crippen molar-refractivity contribution in [1.82, 2.24) is 19.9 Å². The molecule has 2 aromatic heterocycles. The van der Waals surface area contributed by atoms with Gasteiger partial charge in [0.1, 0.15) is 11.3 Å². The maximum atomic E-state index is 11.5. The minimum atomic E-state index is -0.543. The van der Waals surface area contributed by atoms with E-state index in [1.807, 2.05) is 0 Å². The Kier molecular flexibility index (Phi) is 4.73. The number of aromatic nitrogens is 4. The Bertz CT molecular complexity index is 668. The summed E-state index contributed by atoms with van der Waals surface area (Å²) in [5.74, 6) is 0.711. The molecule has 2 rings (SSSR count). The quantitative estimate of drug-likeness (QED) is 0.562. The van der Waals surface area contributed by atoms with E-state index in [2.05, 4.69) is 19.9 Å². The van der Waals surface area contributed by atoms with Crippen LogP contribution in [0.15, 0.2) is 9.59 Å². The van der Waals surface area contributed by atoms with Gasteiger partial charge in [0, 0.05) is 6.42 Å². The highest BCUT2D eigenvalue weighted by atomic mass is 16.3. The summed E-state index contributed by atoms with van der Waals surface area (Å²) < 4.78 is 0. The number of aliphatic hydroxyl groups is 1. The lowest BCUT2D eigenvalue weighted by atomic mass is 10.1. The van der Waals surface area contributed by atoms with Crippen molar-refractivity contribution in [2.75, 3.05) is 0 Å². The molecule has 0 spiro atoms. The van der Waals surface area contributed by atoms with Gasteiger partial charge >= 0.3 is 5.69 Å². The zero-order valence-corrected chi connectivity index (χ0v) is 11.5. The van der Waals surface area contributed by atoms with E-state index in [1.54, 1.807) is 6.92 Å². The van der Waals surface area contributed by atoms with E-state index in [0.717, 1.165) is 38.5 Å². The molecule has 0 aromatic carbocycles. The summed E-state index contributed by atoms with van der Waals surface area (Å²) >= 11 is 0. The van der Waals surface area contributed by atoms with E-state index in [-0.39, 0.29) is 6.10 Å². The van der Waals surface area contributed by atoms with Gasteiger partial charge in [-0.05, 0) is 19.8 Å². The van der Waals surface area contributed by atoms with E-state index in [9.17, 15) is 9.59 Å². The molecule has 2 aromatic rings. The molecular weight excluding hydrogens is 260 g/mol. The van der Waals surface area contributed by atoms with Crippen molar-refractivity contribution in [3.8, 4) is 0 Å². The van der Waals surface area contributed by atoms with E-state index in [1.165, 1.54) is 0 Å². The molecule has 1 atom stereocenters. The third-order valence-corrected chi connectivity index (χ3v) is 3.22. The standard InChI is InChI=1S/C13H20N4O3/c1-8(18)6-4-2-3-5-7-9-14-10-11(15-9)16-13(20)17-12(10)19/h8,18H,2-7H2,1H3,(H3,14,15,16,17,19,20). The summed E-state index contributed by atoms with van der Waals surface area (Å²) in [5.41, 5.74) is -0.366. The van der Waals surface area contributed by atoms with Crippen molar-refractivity contribution >= 4 is 11.2 Å². The summed E-state index contributed by atoms with van der Waals surface area (Å²) in [7, 11) is 0. The number of fused-ring (bicyclic) bond motifs is 1. The fraction of sp³-hybridized carbons (Fsp3) is 0.615. The molecule has 4 N–H and O–H groups in total. The monoisotopic (exact) mass is 280 g/mol. The molecule has 0 saturated heterocycles. The normalized spacial score (nSPS) is 12.9. The van der Waals surface area contributed by atoms with Crippen LogP contribution >= 0.6 is 0 Å². The molecule has 0 amide bonds. The van der Waals surface area contributed by atoms with Gasteiger partial charge in [-0.25, -0.2) is 9.78 Å². The van der Waals surface area contributed by atoms with Crippen molar-refractivity contribution in [1.29, 1.82) is 0 Å². The largest absolute Gasteiger partial charge is 0.393 e. The fourth-order valence-corrected chi connectivity index (χ4v) is 2.19. The van der Waals surface area contributed by atoms with E-state index < -0.39 is 11.2 Å². The van der Waals surface area contributed by atoms with Crippen LogP contribution in [0.25, 0.3) is 11.2 Å². The van der Waals surface area contributed by atoms with Gasteiger partial charge in [-0.2, -0.15) is 0 Å². The van der Waals surface area contributed by atoms with Crippen LogP contribution in [-0.4, -0.2) is 31.1 Å². The molecular formula is C13H20N4O3. The fourth-order valence-electron chi connectivity index (χ4n) is 2.19. The average Bonchev–Trinajstić information content (AvgIpc) is 2.76. The first-order chi connectivity index (χ1) is 9.56. The van der Waals surface area contributed by atoms with Gasteiger partial charge in [-0.3, -0.25) is 14.8 Å². The molecule has 110 valence electrons. The molecule has 0 aliphatic rings. The second-order valence-electron chi connectivity index (χ2n) is 5.12. The lowest BCUT2D eigenvalue weighted by molar-refractivity contribution is 0.180.